The Kier molecular flexibility index (Phi) is 6.66. The van der Waals surface area contributed by atoms with Gasteiger partial charge in [0.1, 0.15) is 0 Å². The molecule has 4 nitrogen and oxygen atoms in total. The van der Waals surface area contributed by atoms with Crippen molar-refractivity contribution in [1.82, 2.24) is 10.6 Å². The fourth-order valence-electron chi connectivity index (χ4n) is 2.38. The topological polar surface area (TPSA) is 61.4 Å². The highest BCUT2D eigenvalue weighted by Crippen LogP contribution is 2.26. The molecular weight excluding hydrogens is 356 g/mol. The predicted molar refractivity (Wildman–Crippen MR) is 89.8 cm³/mol. The Morgan fingerprint density at radius 3 is 2.76 bits per heavy atom. The van der Waals surface area contributed by atoms with Gasteiger partial charge >= 0.3 is 0 Å². The molecule has 6 heteroatoms. The van der Waals surface area contributed by atoms with Gasteiger partial charge in [-0.2, -0.15) is 0 Å². The normalized spacial score (nSPS) is 21.7. The Labute approximate surface area is 140 Å². The second-order valence-electron chi connectivity index (χ2n) is 5.83. The van der Waals surface area contributed by atoms with Gasteiger partial charge in [0.05, 0.1) is 11.5 Å². The molecule has 1 aromatic rings. The Morgan fingerprint density at radius 1 is 1.48 bits per heavy atom. The molecule has 2 unspecified atom stereocenters. The number of nitrogens with one attached hydrogen (secondary N) is 2. The number of aliphatic hydroxyl groups is 1. The minimum atomic E-state index is -0.596. The maximum absolute atomic E-state index is 12.4. The molecule has 0 aliphatic carbocycles. The van der Waals surface area contributed by atoms with Crippen LogP contribution in [-0.2, 0) is 10.2 Å². The lowest BCUT2D eigenvalue weighted by Crippen LogP contribution is -2.43. The monoisotopic (exact) mass is 376 g/mol. The Balaban J connectivity index is 0.00000220. The molecule has 1 aliphatic rings. The van der Waals surface area contributed by atoms with Crippen LogP contribution in [0.5, 0.6) is 0 Å². The van der Waals surface area contributed by atoms with Gasteiger partial charge in [-0.05, 0) is 31.5 Å². The van der Waals surface area contributed by atoms with Crippen LogP contribution in [0.3, 0.4) is 0 Å². The summed E-state index contributed by atoms with van der Waals surface area (Å²) in [4.78, 5) is 12.4. The molecule has 1 fully saturated rings. The minimum Gasteiger partial charge on any atom is -0.391 e. The quantitative estimate of drug-likeness (QED) is 0.750. The minimum absolute atomic E-state index is 0. The number of carbonyl (C=O) groups is 1. The van der Waals surface area contributed by atoms with Crippen LogP contribution in [0.25, 0.3) is 0 Å². The van der Waals surface area contributed by atoms with Crippen LogP contribution in [0.1, 0.15) is 19.4 Å². The third kappa shape index (κ3) is 4.42. The van der Waals surface area contributed by atoms with E-state index in [0.717, 1.165) is 16.6 Å². The van der Waals surface area contributed by atoms with Gasteiger partial charge in [0.2, 0.25) is 5.91 Å². The van der Waals surface area contributed by atoms with E-state index in [1.54, 1.807) is 0 Å². The van der Waals surface area contributed by atoms with Crippen molar-refractivity contribution in [3.63, 3.8) is 0 Å². The summed E-state index contributed by atoms with van der Waals surface area (Å²) in [6.45, 7) is 5.68. The van der Waals surface area contributed by atoms with Gasteiger partial charge in [0, 0.05) is 30.0 Å². The molecular formula is C15H22BrClN2O2. The fraction of sp³-hybridized carbons (Fsp3) is 0.533. The molecule has 0 spiro atoms. The number of benzene rings is 1. The SMILES string of the molecule is CC(C)(C(=O)NCC1CNCC1O)c1cccc(Br)c1.Cl. The van der Waals surface area contributed by atoms with Crippen molar-refractivity contribution in [2.24, 2.45) is 5.92 Å². The molecule has 0 aromatic heterocycles. The Hall–Kier alpha value is -0.620. The van der Waals surface area contributed by atoms with E-state index in [4.69, 9.17) is 0 Å². The summed E-state index contributed by atoms with van der Waals surface area (Å²) in [6, 6.07) is 7.79. The first-order valence-electron chi connectivity index (χ1n) is 6.84. The van der Waals surface area contributed by atoms with Crippen molar-refractivity contribution in [2.75, 3.05) is 19.6 Å². The van der Waals surface area contributed by atoms with Gasteiger partial charge in [0.25, 0.3) is 0 Å². The van der Waals surface area contributed by atoms with E-state index in [9.17, 15) is 9.90 Å². The zero-order chi connectivity index (χ0) is 14.8. The van der Waals surface area contributed by atoms with Crippen molar-refractivity contribution in [3.05, 3.63) is 34.3 Å². The van der Waals surface area contributed by atoms with Crippen LogP contribution in [0.2, 0.25) is 0 Å². The number of hydrogen-bond acceptors (Lipinski definition) is 3. The van der Waals surface area contributed by atoms with E-state index in [1.807, 2.05) is 38.1 Å². The second-order valence-corrected chi connectivity index (χ2v) is 6.75. The van der Waals surface area contributed by atoms with Crippen LogP contribution >= 0.6 is 28.3 Å². The first kappa shape index (κ1) is 18.4. The van der Waals surface area contributed by atoms with Crippen molar-refractivity contribution in [2.45, 2.75) is 25.4 Å². The molecule has 0 saturated carbocycles. The zero-order valence-electron chi connectivity index (χ0n) is 12.2. The molecule has 3 N–H and O–H groups in total. The molecule has 1 amide bonds. The van der Waals surface area contributed by atoms with E-state index in [1.165, 1.54) is 0 Å². The average Bonchev–Trinajstić information content (AvgIpc) is 2.81. The summed E-state index contributed by atoms with van der Waals surface area (Å²) in [5, 5.41) is 15.8. The van der Waals surface area contributed by atoms with E-state index >= 15 is 0 Å². The average molecular weight is 378 g/mol. The van der Waals surface area contributed by atoms with Crippen LogP contribution in [0.4, 0.5) is 0 Å². The van der Waals surface area contributed by atoms with Crippen molar-refractivity contribution in [3.8, 4) is 0 Å². The van der Waals surface area contributed by atoms with E-state index in [2.05, 4.69) is 26.6 Å². The summed E-state index contributed by atoms with van der Waals surface area (Å²) in [5.74, 6) is 0.0759. The Bertz CT molecular complexity index is 496. The maximum Gasteiger partial charge on any atom is 0.230 e. The van der Waals surface area contributed by atoms with E-state index < -0.39 is 5.41 Å². The Morgan fingerprint density at radius 2 is 2.19 bits per heavy atom. The molecule has 118 valence electrons. The molecule has 21 heavy (non-hydrogen) atoms. The van der Waals surface area contributed by atoms with Gasteiger partial charge in [-0.15, -0.1) is 12.4 Å². The third-order valence-electron chi connectivity index (χ3n) is 3.94. The van der Waals surface area contributed by atoms with Gasteiger partial charge < -0.3 is 15.7 Å². The number of halogens is 2. The summed E-state index contributed by atoms with van der Waals surface area (Å²) in [5.41, 5.74) is 0.371. The highest BCUT2D eigenvalue weighted by Gasteiger charge is 2.31. The molecule has 1 heterocycles. The van der Waals surface area contributed by atoms with Gasteiger partial charge in [-0.1, -0.05) is 28.1 Å². The summed E-state index contributed by atoms with van der Waals surface area (Å²) >= 11 is 3.43. The number of amides is 1. The number of carbonyl (C=O) groups excluding carboxylic acids is 1. The molecule has 2 atom stereocenters. The van der Waals surface area contributed by atoms with Gasteiger partial charge in [0.15, 0.2) is 0 Å². The number of β-amino-alcohol motifs (C(OH)–C–C–N with tert-alkyl or cyclic N) is 1. The zero-order valence-corrected chi connectivity index (χ0v) is 14.6. The van der Waals surface area contributed by atoms with Crippen molar-refractivity contribution >= 4 is 34.2 Å². The number of rotatable bonds is 4. The molecule has 0 bridgehead atoms. The van der Waals surface area contributed by atoms with Crippen molar-refractivity contribution in [1.29, 1.82) is 0 Å². The number of aliphatic hydroxyl groups excluding tert-OH is 1. The lowest BCUT2D eigenvalue weighted by molar-refractivity contribution is -0.125. The first-order chi connectivity index (χ1) is 9.41. The van der Waals surface area contributed by atoms with Crippen LogP contribution in [0, 0.1) is 5.92 Å². The van der Waals surface area contributed by atoms with Crippen LogP contribution in [-0.4, -0.2) is 36.8 Å². The summed E-state index contributed by atoms with van der Waals surface area (Å²) < 4.78 is 0.964. The summed E-state index contributed by atoms with van der Waals surface area (Å²) in [7, 11) is 0. The summed E-state index contributed by atoms with van der Waals surface area (Å²) in [6.07, 6.45) is -0.371. The molecule has 1 saturated heterocycles. The smallest absolute Gasteiger partial charge is 0.230 e. The largest absolute Gasteiger partial charge is 0.391 e. The van der Waals surface area contributed by atoms with Crippen molar-refractivity contribution < 1.29 is 9.90 Å². The molecule has 1 aliphatic heterocycles. The van der Waals surface area contributed by atoms with Gasteiger partial charge in [-0.3, -0.25) is 4.79 Å². The molecule has 0 radical (unpaired) electrons. The predicted octanol–water partition coefficient (Wildman–Crippen LogP) is 1.85. The lowest BCUT2D eigenvalue weighted by atomic mass is 9.83. The standard InChI is InChI=1S/C15H21BrN2O2.ClH/c1-15(2,11-4-3-5-12(16)6-11)14(20)18-8-10-7-17-9-13(10)19;/h3-6,10,13,17,19H,7-9H2,1-2H3,(H,18,20);1H. The fourth-order valence-corrected chi connectivity index (χ4v) is 2.78. The van der Waals surface area contributed by atoms with Gasteiger partial charge in [-0.25, -0.2) is 0 Å². The highest BCUT2D eigenvalue weighted by atomic mass is 79.9. The maximum atomic E-state index is 12.4. The highest BCUT2D eigenvalue weighted by molar-refractivity contribution is 9.10. The molecule has 1 aromatic carbocycles. The second kappa shape index (κ2) is 7.58. The number of hydrogen-bond donors (Lipinski definition) is 3. The van der Waals surface area contributed by atoms with Crippen LogP contribution in [0.15, 0.2) is 28.7 Å². The van der Waals surface area contributed by atoms with E-state index in [-0.39, 0.29) is 30.3 Å². The van der Waals surface area contributed by atoms with E-state index in [0.29, 0.717) is 13.1 Å². The first-order valence-corrected chi connectivity index (χ1v) is 7.63. The van der Waals surface area contributed by atoms with Crippen LogP contribution < -0.4 is 10.6 Å². The molecule has 2 rings (SSSR count). The lowest BCUT2D eigenvalue weighted by Gasteiger charge is -2.25. The third-order valence-corrected chi connectivity index (χ3v) is 4.44.